The fourth-order valence-corrected chi connectivity index (χ4v) is 3.91. The quantitative estimate of drug-likeness (QED) is 0.438. The van der Waals surface area contributed by atoms with Gasteiger partial charge in [-0.25, -0.2) is 13.8 Å². The molecule has 4 rings (SSSR count). The minimum atomic E-state index is -4.54. The highest BCUT2D eigenvalue weighted by Crippen LogP contribution is 2.34. The molecule has 1 heterocycles. The lowest BCUT2D eigenvalue weighted by atomic mass is 9.98. The van der Waals surface area contributed by atoms with Gasteiger partial charge in [0.15, 0.2) is 0 Å². The van der Waals surface area contributed by atoms with Crippen LogP contribution in [0.3, 0.4) is 0 Å². The first-order valence-electron chi connectivity index (χ1n) is 10.9. The summed E-state index contributed by atoms with van der Waals surface area (Å²) in [4.78, 5) is 27.0. The Balaban J connectivity index is 1.56. The molecule has 1 atom stereocenters. The van der Waals surface area contributed by atoms with Crippen molar-refractivity contribution in [1.29, 1.82) is 0 Å². The zero-order valence-corrected chi connectivity index (χ0v) is 19.0. The van der Waals surface area contributed by atoms with E-state index in [1.807, 2.05) is 0 Å². The van der Waals surface area contributed by atoms with Gasteiger partial charge in [0, 0.05) is 24.6 Å². The van der Waals surface area contributed by atoms with Crippen molar-refractivity contribution in [3.63, 3.8) is 0 Å². The van der Waals surface area contributed by atoms with Gasteiger partial charge in [-0.2, -0.15) is 18.3 Å². The van der Waals surface area contributed by atoms with Crippen molar-refractivity contribution >= 4 is 17.5 Å². The average molecular weight is 501 g/mol. The average Bonchev–Trinajstić information content (AvgIpc) is 3.29. The minimum absolute atomic E-state index is 0.0270. The third-order valence-corrected chi connectivity index (χ3v) is 5.79. The lowest BCUT2D eigenvalue weighted by molar-refractivity contribution is -0.137. The number of hydrazone groups is 1. The molecule has 0 saturated heterocycles. The summed E-state index contributed by atoms with van der Waals surface area (Å²) in [5.74, 6) is -2.27. The van der Waals surface area contributed by atoms with E-state index in [9.17, 15) is 31.5 Å². The van der Waals surface area contributed by atoms with E-state index in [1.54, 1.807) is 6.07 Å². The van der Waals surface area contributed by atoms with Crippen LogP contribution in [0.1, 0.15) is 39.5 Å². The summed E-state index contributed by atoms with van der Waals surface area (Å²) in [7, 11) is 1.33. The maximum absolute atomic E-state index is 14.6. The van der Waals surface area contributed by atoms with E-state index >= 15 is 0 Å². The van der Waals surface area contributed by atoms with E-state index in [0.717, 1.165) is 34.2 Å². The van der Waals surface area contributed by atoms with E-state index in [0.29, 0.717) is 11.3 Å². The number of carbonyl (C=O) groups excluding carboxylic acids is 2. The molecule has 186 valence electrons. The van der Waals surface area contributed by atoms with E-state index in [1.165, 1.54) is 49.5 Å². The van der Waals surface area contributed by atoms with Crippen LogP contribution in [0.5, 0.6) is 0 Å². The molecule has 0 unspecified atom stereocenters. The molecule has 0 radical (unpaired) electrons. The van der Waals surface area contributed by atoms with Crippen LogP contribution in [0, 0.1) is 11.6 Å². The zero-order valence-electron chi connectivity index (χ0n) is 19.0. The van der Waals surface area contributed by atoms with E-state index in [-0.39, 0.29) is 17.5 Å². The van der Waals surface area contributed by atoms with Crippen LogP contribution in [0.25, 0.3) is 0 Å². The van der Waals surface area contributed by atoms with Crippen molar-refractivity contribution in [1.82, 2.24) is 9.91 Å². The van der Waals surface area contributed by atoms with Crippen molar-refractivity contribution < 1.29 is 31.5 Å². The molecule has 2 amide bonds. The van der Waals surface area contributed by atoms with Gasteiger partial charge in [-0.1, -0.05) is 30.3 Å². The molecule has 10 heteroatoms. The molecule has 0 spiro atoms. The maximum Gasteiger partial charge on any atom is 0.416 e. The number of halogens is 5. The van der Waals surface area contributed by atoms with Gasteiger partial charge < -0.3 is 4.90 Å². The Morgan fingerprint density at radius 1 is 0.972 bits per heavy atom. The normalized spacial score (nSPS) is 15.6. The van der Waals surface area contributed by atoms with Gasteiger partial charge in [-0.15, -0.1) is 0 Å². The number of nitrogens with zero attached hydrogens (tertiary/aromatic N) is 3. The summed E-state index contributed by atoms with van der Waals surface area (Å²) < 4.78 is 66.4. The number of hydrogen-bond donors (Lipinski definition) is 0. The van der Waals surface area contributed by atoms with Gasteiger partial charge >= 0.3 is 6.18 Å². The monoisotopic (exact) mass is 501 g/mol. The third-order valence-electron chi connectivity index (χ3n) is 5.79. The Labute approximate surface area is 203 Å². The first-order chi connectivity index (χ1) is 17.0. The zero-order chi connectivity index (χ0) is 26.0. The number of hydrogen-bond acceptors (Lipinski definition) is 3. The van der Waals surface area contributed by atoms with Gasteiger partial charge in [-0.05, 0) is 48.0 Å². The van der Waals surface area contributed by atoms with E-state index in [2.05, 4.69) is 5.10 Å². The molecule has 0 saturated carbocycles. The number of alkyl halides is 3. The molecule has 0 aromatic heterocycles. The summed E-state index contributed by atoms with van der Waals surface area (Å²) in [6, 6.07) is 14.3. The Morgan fingerprint density at radius 3 is 2.22 bits per heavy atom. The number of carbonyl (C=O) groups is 2. The number of amides is 2. The standard InChI is InChI=1S/C26H20F5N3O2/c1-33(25(36)17-6-10-18(11-7-17)26(29,30)31)15-24(35)34-23(20-4-2-3-5-21(20)28)14-22(32-34)16-8-12-19(27)13-9-16/h2-13,23H,14-15H2,1H3/t23-/m1/s1. The topological polar surface area (TPSA) is 53.0 Å². The number of likely N-dealkylation sites (N-methyl/N-ethyl adjacent to an activating group) is 1. The second kappa shape index (κ2) is 9.88. The molecule has 1 aliphatic rings. The minimum Gasteiger partial charge on any atom is -0.332 e. The molecular formula is C26H20F5N3O2. The maximum atomic E-state index is 14.6. The Kier molecular flexibility index (Phi) is 6.87. The number of rotatable bonds is 5. The van der Waals surface area contributed by atoms with Crippen molar-refractivity contribution in [2.45, 2.75) is 18.6 Å². The van der Waals surface area contributed by atoms with Crippen LogP contribution >= 0.6 is 0 Å². The van der Waals surface area contributed by atoms with Crippen LogP contribution in [-0.2, 0) is 11.0 Å². The Bertz CT molecular complexity index is 1300. The smallest absolute Gasteiger partial charge is 0.332 e. The molecule has 0 aliphatic carbocycles. The second-order valence-corrected chi connectivity index (χ2v) is 8.27. The highest BCUT2D eigenvalue weighted by molar-refractivity contribution is 6.03. The first-order valence-corrected chi connectivity index (χ1v) is 10.9. The second-order valence-electron chi connectivity index (χ2n) is 8.27. The molecule has 36 heavy (non-hydrogen) atoms. The number of benzene rings is 3. The lowest BCUT2D eigenvalue weighted by Gasteiger charge is -2.25. The Hall–Kier alpha value is -4.08. The van der Waals surface area contributed by atoms with Gasteiger partial charge in [0.25, 0.3) is 11.8 Å². The molecule has 0 fully saturated rings. The summed E-state index contributed by atoms with van der Waals surface area (Å²) in [5.41, 5.74) is 0.296. The fourth-order valence-electron chi connectivity index (χ4n) is 3.91. The fraction of sp³-hybridized carbons (Fsp3) is 0.192. The van der Waals surface area contributed by atoms with Crippen molar-refractivity contribution in [3.8, 4) is 0 Å². The molecule has 0 bridgehead atoms. The molecule has 0 N–H and O–H groups in total. The highest BCUT2D eigenvalue weighted by atomic mass is 19.4. The van der Waals surface area contributed by atoms with Crippen LogP contribution in [0.2, 0.25) is 0 Å². The first kappa shape index (κ1) is 25.0. The van der Waals surface area contributed by atoms with Crippen molar-refractivity contribution in [2.75, 3.05) is 13.6 Å². The molecule has 1 aliphatic heterocycles. The lowest BCUT2D eigenvalue weighted by Crippen LogP contribution is -2.39. The highest BCUT2D eigenvalue weighted by Gasteiger charge is 2.35. The van der Waals surface area contributed by atoms with Gasteiger partial charge in [-0.3, -0.25) is 9.59 Å². The summed E-state index contributed by atoms with van der Waals surface area (Å²) >= 11 is 0. The predicted octanol–water partition coefficient (Wildman–Crippen LogP) is 5.43. The van der Waals surface area contributed by atoms with Crippen LogP contribution in [0.4, 0.5) is 22.0 Å². The summed E-state index contributed by atoms with van der Waals surface area (Å²) in [6.07, 6.45) is -4.38. The van der Waals surface area contributed by atoms with Crippen molar-refractivity contribution in [2.24, 2.45) is 5.10 Å². The predicted molar refractivity (Wildman–Crippen MR) is 122 cm³/mol. The SMILES string of the molecule is CN(CC(=O)N1N=C(c2ccc(F)cc2)C[C@@H]1c1ccccc1F)C(=O)c1ccc(C(F)(F)F)cc1. The molecule has 3 aromatic carbocycles. The van der Waals surface area contributed by atoms with Crippen LogP contribution in [-0.4, -0.2) is 41.0 Å². The Morgan fingerprint density at radius 2 is 1.61 bits per heavy atom. The summed E-state index contributed by atoms with van der Waals surface area (Å²) in [5, 5.41) is 5.45. The summed E-state index contributed by atoms with van der Waals surface area (Å²) in [6.45, 7) is -0.453. The van der Waals surface area contributed by atoms with Gasteiger partial charge in [0.2, 0.25) is 0 Å². The molecule has 5 nitrogen and oxygen atoms in total. The van der Waals surface area contributed by atoms with Crippen LogP contribution in [0.15, 0.2) is 77.9 Å². The van der Waals surface area contributed by atoms with Gasteiger partial charge in [0.1, 0.15) is 18.2 Å². The van der Waals surface area contributed by atoms with E-state index < -0.39 is 47.8 Å². The molecular weight excluding hydrogens is 481 g/mol. The van der Waals surface area contributed by atoms with Crippen molar-refractivity contribution in [3.05, 3.63) is 107 Å². The molecule has 3 aromatic rings. The third kappa shape index (κ3) is 5.27. The van der Waals surface area contributed by atoms with E-state index in [4.69, 9.17) is 0 Å². The van der Waals surface area contributed by atoms with Crippen LogP contribution < -0.4 is 0 Å². The van der Waals surface area contributed by atoms with Gasteiger partial charge in [0.05, 0.1) is 17.3 Å². The largest absolute Gasteiger partial charge is 0.416 e.